The Labute approximate surface area is 127 Å². The standard InChI is InChI=1S/C16H30BrNO/c1-16(2,3)14(10-11-17)18-15(19)12-13-8-6-4-5-7-9-13/h13-14H,4-12H2,1-3H3,(H,18,19). The van der Waals surface area contributed by atoms with Crippen molar-refractivity contribution in [3.05, 3.63) is 0 Å². The molecule has 0 aromatic heterocycles. The summed E-state index contributed by atoms with van der Waals surface area (Å²) in [7, 11) is 0. The van der Waals surface area contributed by atoms with E-state index in [0.717, 1.165) is 18.2 Å². The lowest BCUT2D eigenvalue weighted by Gasteiger charge is -2.31. The van der Waals surface area contributed by atoms with Crippen molar-refractivity contribution >= 4 is 21.8 Å². The lowest BCUT2D eigenvalue weighted by atomic mass is 9.85. The van der Waals surface area contributed by atoms with Crippen molar-refractivity contribution in [1.29, 1.82) is 0 Å². The maximum absolute atomic E-state index is 12.2. The zero-order valence-corrected chi connectivity index (χ0v) is 14.4. The van der Waals surface area contributed by atoms with Crippen LogP contribution in [0.15, 0.2) is 0 Å². The van der Waals surface area contributed by atoms with Crippen LogP contribution < -0.4 is 5.32 Å². The summed E-state index contributed by atoms with van der Waals surface area (Å²) in [5.41, 5.74) is 0.132. The van der Waals surface area contributed by atoms with E-state index in [2.05, 4.69) is 42.0 Å². The number of halogens is 1. The molecule has 0 saturated heterocycles. The van der Waals surface area contributed by atoms with Gasteiger partial charge in [-0.05, 0) is 30.6 Å². The van der Waals surface area contributed by atoms with Gasteiger partial charge >= 0.3 is 0 Å². The highest BCUT2D eigenvalue weighted by atomic mass is 79.9. The predicted octanol–water partition coefficient (Wildman–Crippen LogP) is 4.66. The van der Waals surface area contributed by atoms with E-state index in [9.17, 15) is 4.79 Å². The molecule has 0 aromatic rings. The van der Waals surface area contributed by atoms with Gasteiger partial charge in [0.05, 0.1) is 0 Å². The van der Waals surface area contributed by atoms with Crippen LogP contribution in [-0.2, 0) is 4.79 Å². The van der Waals surface area contributed by atoms with Crippen molar-refractivity contribution in [2.24, 2.45) is 11.3 Å². The van der Waals surface area contributed by atoms with Crippen LogP contribution in [0.4, 0.5) is 0 Å². The maximum Gasteiger partial charge on any atom is 0.220 e. The van der Waals surface area contributed by atoms with Crippen LogP contribution in [0.25, 0.3) is 0 Å². The number of carbonyl (C=O) groups excluding carboxylic acids is 1. The summed E-state index contributed by atoms with van der Waals surface area (Å²) in [5, 5.41) is 4.20. The van der Waals surface area contributed by atoms with Crippen molar-refractivity contribution in [2.45, 2.75) is 78.2 Å². The van der Waals surface area contributed by atoms with Crippen molar-refractivity contribution in [3.63, 3.8) is 0 Å². The number of alkyl halides is 1. The highest BCUT2D eigenvalue weighted by molar-refractivity contribution is 9.09. The van der Waals surface area contributed by atoms with E-state index >= 15 is 0 Å². The minimum Gasteiger partial charge on any atom is -0.353 e. The molecule has 19 heavy (non-hydrogen) atoms. The van der Waals surface area contributed by atoms with Crippen LogP contribution in [-0.4, -0.2) is 17.3 Å². The smallest absolute Gasteiger partial charge is 0.220 e. The Balaban J connectivity index is 2.43. The quantitative estimate of drug-likeness (QED) is 0.576. The van der Waals surface area contributed by atoms with Gasteiger partial charge in [0.25, 0.3) is 0 Å². The average Bonchev–Trinajstić information content (AvgIpc) is 2.56. The largest absolute Gasteiger partial charge is 0.353 e. The molecular formula is C16H30BrNO. The van der Waals surface area contributed by atoms with Crippen LogP contribution in [0.1, 0.15) is 72.1 Å². The fourth-order valence-electron chi connectivity index (χ4n) is 2.91. The van der Waals surface area contributed by atoms with E-state index in [0.29, 0.717) is 5.92 Å². The summed E-state index contributed by atoms with van der Waals surface area (Å²) < 4.78 is 0. The van der Waals surface area contributed by atoms with Crippen molar-refractivity contribution < 1.29 is 4.79 Å². The van der Waals surface area contributed by atoms with Gasteiger partial charge in [0, 0.05) is 17.8 Å². The van der Waals surface area contributed by atoms with Crippen LogP contribution in [0.3, 0.4) is 0 Å². The van der Waals surface area contributed by atoms with Gasteiger partial charge < -0.3 is 5.32 Å². The normalized spacial score (nSPS) is 19.8. The number of hydrogen-bond donors (Lipinski definition) is 1. The molecule has 112 valence electrons. The molecule has 1 rings (SSSR count). The summed E-state index contributed by atoms with van der Waals surface area (Å²) in [6.07, 6.45) is 9.54. The molecule has 1 unspecified atom stereocenters. The van der Waals surface area contributed by atoms with Crippen molar-refractivity contribution in [2.75, 3.05) is 5.33 Å². The van der Waals surface area contributed by atoms with Crippen molar-refractivity contribution in [1.82, 2.24) is 5.32 Å². The van der Waals surface area contributed by atoms with Gasteiger partial charge in [0.15, 0.2) is 0 Å². The van der Waals surface area contributed by atoms with Crippen LogP contribution in [0.2, 0.25) is 0 Å². The molecular weight excluding hydrogens is 302 g/mol. The summed E-state index contributed by atoms with van der Waals surface area (Å²) in [6.45, 7) is 6.60. The third-order valence-electron chi connectivity index (χ3n) is 4.23. The molecule has 0 aliphatic heterocycles. The molecule has 0 spiro atoms. The topological polar surface area (TPSA) is 29.1 Å². The number of amides is 1. The Kier molecular flexibility index (Phi) is 7.41. The molecule has 0 aromatic carbocycles. The lowest BCUT2D eigenvalue weighted by Crippen LogP contribution is -2.44. The molecule has 0 heterocycles. The number of rotatable bonds is 5. The second kappa shape index (κ2) is 8.28. The van der Waals surface area contributed by atoms with Crippen LogP contribution >= 0.6 is 15.9 Å². The molecule has 1 amide bonds. The Morgan fingerprint density at radius 2 is 1.79 bits per heavy atom. The van der Waals surface area contributed by atoms with E-state index in [1.807, 2.05) is 0 Å². The van der Waals surface area contributed by atoms with E-state index in [1.165, 1.54) is 38.5 Å². The Morgan fingerprint density at radius 1 is 1.21 bits per heavy atom. The van der Waals surface area contributed by atoms with E-state index < -0.39 is 0 Å². The first-order chi connectivity index (χ1) is 8.93. The van der Waals surface area contributed by atoms with Crippen LogP contribution in [0.5, 0.6) is 0 Å². The second-order valence-corrected chi connectivity index (χ2v) is 7.82. The first kappa shape index (κ1) is 17.0. The monoisotopic (exact) mass is 331 g/mol. The average molecular weight is 332 g/mol. The summed E-state index contributed by atoms with van der Waals surface area (Å²) in [6, 6.07) is 0.269. The zero-order chi connectivity index (χ0) is 14.3. The number of nitrogens with one attached hydrogen (secondary N) is 1. The minimum absolute atomic E-state index is 0.132. The Hall–Kier alpha value is -0.0500. The molecule has 1 aliphatic carbocycles. The molecule has 1 aliphatic rings. The van der Waals surface area contributed by atoms with Gasteiger partial charge in [-0.1, -0.05) is 62.4 Å². The summed E-state index contributed by atoms with van der Waals surface area (Å²) >= 11 is 3.49. The molecule has 1 atom stereocenters. The van der Waals surface area contributed by atoms with Gasteiger partial charge in [0.2, 0.25) is 5.91 Å². The maximum atomic E-state index is 12.2. The van der Waals surface area contributed by atoms with E-state index in [4.69, 9.17) is 0 Å². The third kappa shape index (κ3) is 6.78. The molecule has 0 radical (unpaired) electrons. The number of carbonyl (C=O) groups is 1. The zero-order valence-electron chi connectivity index (χ0n) is 12.8. The van der Waals surface area contributed by atoms with Crippen molar-refractivity contribution in [3.8, 4) is 0 Å². The SMILES string of the molecule is CC(C)(C)C(CCBr)NC(=O)CC1CCCCCC1. The van der Waals surface area contributed by atoms with Gasteiger partial charge in [-0.2, -0.15) is 0 Å². The fraction of sp³-hybridized carbons (Fsp3) is 0.938. The number of hydrogen-bond acceptors (Lipinski definition) is 1. The highest BCUT2D eigenvalue weighted by Gasteiger charge is 2.26. The van der Waals surface area contributed by atoms with Gasteiger partial charge in [0.1, 0.15) is 0 Å². The molecule has 0 bridgehead atoms. The Bertz CT molecular complexity index is 264. The predicted molar refractivity (Wildman–Crippen MR) is 85.6 cm³/mol. The lowest BCUT2D eigenvalue weighted by molar-refractivity contribution is -0.123. The third-order valence-corrected chi connectivity index (χ3v) is 4.69. The van der Waals surface area contributed by atoms with Crippen LogP contribution in [0, 0.1) is 11.3 Å². The first-order valence-electron chi connectivity index (χ1n) is 7.79. The van der Waals surface area contributed by atoms with Gasteiger partial charge in [-0.25, -0.2) is 0 Å². The molecule has 1 N–H and O–H groups in total. The molecule has 1 fully saturated rings. The molecule has 1 saturated carbocycles. The highest BCUT2D eigenvalue weighted by Crippen LogP contribution is 2.26. The summed E-state index contributed by atoms with van der Waals surface area (Å²) in [4.78, 5) is 12.2. The van der Waals surface area contributed by atoms with Gasteiger partial charge in [-0.15, -0.1) is 0 Å². The fourth-order valence-corrected chi connectivity index (χ4v) is 3.37. The second-order valence-electron chi connectivity index (χ2n) is 7.03. The molecule has 2 nitrogen and oxygen atoms in total. The first-order valence-corrected chi connectivity index (χ1v) is 8.91. The molecule has 3 heteroatoms. The van der Waals surface area contributed by atoms with E-state index in [1.54, 1.807) is 0 Å². The summed E-state index contributed by atoms with van der Waals surface area (Å²) in [5.74, 6) is 0.875. The van der Waals surface area contributed by atoms with Gasteiger partial charge in [-0.3, -0.25) is 4.79 Å². The van der Waals surface area contributed by atoms with E-state index in [-0.39, 0.29) is 17.4 Å². The minimum atomic E-state index is 0.132. The Morgan fingerprint density at radius 3 is 2.26 bits per heavy atom.